The van der Waals surface area contributed by atoms with Gasteiger partial charge < -0.3 is 10.1 Å². The number of carbonyl (C=O) groups is 1. The molecule has 0 aromatic carbocycles. The second-order valence-electron chi connectivity index (χ2n) is 3.90. The van der Waals surface area contributed by atoms with E-state index in [0.29, 0.717) is 19.6 Å². The summed E-state index contributed by atoms with van der Waals surface area (Å²) in [5, 5.41) is 5.58. The number of amides is 1. The lowest BCUT2D eigenvalue weighted by Crippen LogP contribution is -2.28. The predicted molar refractivity (Wildman–Crippen MR) is 73.9 cm³/mol. The van der Waals surface area contributed by atoms with Crippen molar-refractivity contribution in [2.75, 3.05) is 20.3 Å². The van der Waals surface area contributed by atoms with Crippen molar-refractivity contribution in [3.63, 3.8) is 0 Å². The van der Waals surface area contributed by atoms with E-state index in [9.17, 15) is 4.79 Å². The van der Waals surface area contributed by atoms with E-state index in [1.807, 2.05) is 17.5 Å². The lowest BCUT2D eigenvalue weighted by Gasteiger charge is -2.02. The van der Waals surface area contributed by atoms with Gasteiger partial charge in [0.25, 0.3) is 0 Å². The largest absolute Gasteiger partial charge is 0.383 e. The molecule has 0 aliphatic heterocycles. The van der Waals surface area contributed by atoms with Gasteiger partial charge in [-0.05, 0) is 12.1 Å². The van der Waals surface area contributed by atoms with Crippen LogP contribution in [0.1, 0.15) is 5.69 Å². The molecule has 2 aromatic heterocycles. The van der Waals surface area contributed by atoms with Gasteiger partial charge in [-0.2, -0.15) is 0 Å². The smallest absolute Gasteiger partial charge is 0.226 e. The summed E-state index contributed by atoms with van der Waals surface area (Å²) in [5.74, 6) is -0.0383. The molecule has 0 bridgehead atoms. The van der Waals surface area contributed by atoms with Crippen LogP contribution in [0, 0.1) is 0 Å². The first-order valence-corrected chi connectivity index (χ1v) is 6.78. The maximum atomic E-state index is 11.6. The number of rotatable bonds is 6. The van der Waals surface area contributed by atoms with E-state index in [0.717, 1.165) is 16.3 Å². The topological polar surface area (TPSA) is 64.1 Å². The van der Waals surface area contributed by atoms with Crippen LogP contribution in [-0.2, 0) is 16.0 Å². The zero-order valence-electron chi connectivity index (χ0n) is 10.6. The van der Waals surface area contributed by atoms with Crippen LogP contribution in [0.15, 0.2) is 29.9 Å². The molecule has 100 valence electrons. The maximum absolute atomic E-state index is 11.6. The van der Waals surface area contributed by atoms with Crippen LogP contribution >= 0.6 is 11.3 Å². The molecular weight excluding hydrogens is 262 g/mol. The van der Waals surface area contributed by atoms with Crippen LogP contribution in [0.2, 0.25) is 0 Å². The first kappa shape index (κ1) is 13.6. The van der Waals surface area contributed by atoms with E-state index in [4.69, 9.17) is 4.74 Å². The molecule has 5 nitrogen and oxygen atoms in total. The van der Waals surface area contributed by atoms with E-state index in [-0.39, 0.29) is 5.91 Å². The highest BCUT2D eigenvalue weighted by Crippen LogP contribution is 2.22. The number of ether oxygens (including phenoxy) is 1. The second kappa shape index (κ2) is 6.96. The van der Waals surface area contributed by atoms with Crippen molar-refractivity contribution in [3.8, 4) is 10.6 Å². The Kier molecular flexibility index (Phi) is 5.00. The lowest BCUT2D eigenvalue weighted by atomic mass is 10.3. The molecule has 19 heavy (non-hydrogen) atoms. The van der Waals surface area contributed by atoms with E-state index in [2.05, 4.69) is 15.3 Å². The highest BCUT2D eigenvalue weighted by atomic mass is 32.1. The van der Waals surface area contributed by atoms with E-state index in [1.165, 1.54) is 11.3 Å². The van der Waals surface area contributed by atoms with Gasteiger partial charge in [-0.3, -0.25) is 9.78 Å². The van der Waals surface area contributed by atoms with Gasteiger partial charge in [0, 0.05) is 37.0 Å². The maximum Gasteiger partial charge on any atom is 0.226 e. The van der Waals surface area contributed by atoms with E-state index in [1.54, 1.807) is 19.5 Å². The molecule has 2 aromatic rings. The molecule has 0 radical (unpaired) electrons. The van der Waals surface area contributed by atoms with Crippen molar-refractivity contribution in [2.45, 2.75) is 6.42 Å². The standard InChI is InChI=1S/C13H15N3O2S/c1-18-7-6-15-12(17)8-11-9-19-13(16-11)10-2-4-14-5-3-10/h2-5,9H,6-8H2,1H3,(H,15,17). The molecule has 2 heterocycles. The molecule has 1 amide bonds. The summed E-state index contributed by atoms with van der Waals surface area (Å²) in [6.07, 6.45) is 3.76. The van der Waals surface area contributed by atoms with Gasteiger partial charge in [0.05, 0.1) is 18.7 Å². The minimum absolute atomic E-state index is 0.0383. The molecule has 2 rings (SSSR count). The molecule has 6 heteroatoms. The fourth-order valence-electron chi connectivity index (χ4n) is 1.53. The van der Waals surface area contributed by atoms with Crippen LogP contribution in [0.5, 0.6) is 0 Å². The summed E-state index contributed by atoms with van der Waals surface area (Å²) >= 11 is 1.53. The number of hydrogen-bond acceptors (Lipinski definition) is 5. The number of nitrogens with zero attached hydrogens (tertiary/aromatic N) is 2. The Morgan fingerprint density at radius 2 is 2.21 bits per heavy atom. The molecular formula is C13H15N3O2S. The van der Waals surface area contributed by atoms with Crippen LogP contribution in [0.4, 0.5) is 0 Å². The van der Waals surface area contributed by atoms with Crippen molar-refractivity contribution in [3.05, 3.63) is 35.6 Å². The Bertz CT molecular complexity index is 528. The van der Waals surface area contributed by atoms with E-state index < -0.39 is 0 Å². The summed E-state index contributed by atoms with van der Waals surface area (Å²) in [5.41, 5.74) is 1.80. The first-order valence-electron chi connectivity index (χ1n) is 5.90. The molecule has 0 fully saturated rings. The highest BCUT2D eigenvalue weighted by Gasteiger charge is 2.08. The molecule has 0 aliphatic rings. The summed E-state index contributed by atoms with van der Waals surface area (Å²) in [6, 6.07) is 3.81. The Morgan fingerprint density at radius 3 is 2.95 bits per heavy atom. The van der Waals surface area contributed by atoms with Gasteiger partial charge >= 0.3 is 0 Å². The Balaban J connectivity index is 1.93. The number of thiazole rings is 1. The highest BCUT2D eigenvalue weighted by molar-refractivity contribution is 7.13. The average molecular weight is 277 g/mol. The van der Waals surface area contributed by atoms with Crippen LogP contribution in [-0.4, -0.2) is 36.1 Å². The van der Waals surface area contributed by atoms with Crippen LogP contribution < -0.4 is 5.32 Å². The summed E-state index contributed by atoms with van der Waals surface area (Å²) in [6.45, 7) is 1.04. The van der Waals surface area contributed by atoms with Crippen LogP contribution in [0.25, 0.3) is 10.6 Å². The normalized spacial score (nSPS) is 10.4. The van der Waals surface area contributed by atoms with Gasteiger partial charge in [0.2, 0.25) is 5.91 Å². The fraction of sp³-hybridized carbons (Fsp3) is 0.308. The summed E-state index contributed by atoms with van der Waals surface area (Å²) in [7, 11) is 1.60. The third-order valence-corrected chi connectivity index (χ3v) is 3.39. The minimum atomic E-state index is -0.0383. The molecule has 0 aliphatic carbocycles. The summed E-state index contributed by atoms with van der Waals surface area (Å²) < 4.78 is 4.87. The van der Waals surface area contributed by atoms with Gasteiger partial charge in [-0.25, -0.2) is 4.98 Å². The quantitative estimate of drug-likeness (QED) is 0.813. The Morgan fingerprint density at radius 1 is 1.42 bits per heavy atom. The molecule has 1 N–H and O–H groups in total. The SMILES string of the molecule is COCCNC(=O)Cc1csc(-c2ccncc2)n1. The zero-order valence-corrected chi connectivity index (χ0v) is 11.4. The van der Waals surface area contributed by atoms with E-state index >= 15 is 0 Å². The third-order valence-electron chi connectivity index (χ3n) is 2.45. The minimum Gasteiger partial charge on any atom is -0.383 e. The molecule has 0 saturated heterocycles. The number of carbonyl (C=O) groups excluding carboxylic acids is 1. The van der Waals surface area contributed by atoms with Crippen molar-refractivity contribution in [1.29, 1.82) is 0 Å². The van der Waals surface area contributed by atoms with Crippen molar-refractivity contribution >= 4 is 17.2 Å². The van der Waals surface area contributed by atoms with Crippen LogP contribution in [0.3, 0.4) is 0 Å². The van der Waals surface area contributed by atoms with Gasteiger partial charge in [0.1, 0.15) is 5.01 Å². The monoisotopic (exact) mass is 277 g/mol. The number of pyridine rings is 1. The number of hydrogen-bond donors (Lipinski definition) is 1. The van der Waals surface area contributed by atoms with Gasteiger partial charge in [-0.15, -0.1) is 11.3 Å². The van der Waals surface area contributed by atoms with Crippen molar-refractivity contribution in [2.24, 2.45) is 0 Å². The molecule has 0 unspecified atom stereocenters. The fourth-order valence-corrected chi connectivity index (χ4v) is 2.36. The average Bonchev–Trinajstić information content (AvgIpc) is 2.88. The second-order valence-corrected chi connectivity index (χ2v) is 4.76. The lowest BCUT2D eigenvalue weighted by molar-refractivity contribution is -0.120. The first-order chi connectivity index (χ1) is 9.29. The van der Waals surface area contributed by atoms with Gasteiger partial charge in [0.15, 0.2) is 0 Å². The number of aromatic nitrogens is 2. The number of methoxy groups -OCH3 is 1. The molecule has 0 spiro atoms. The predicted octanol–water partition coefficient (Wildman–Crippen LogP) is 1.51. The Labute approximate surface area is 115 Å². The third kappa shape index (κ3) is 4.11. The zero-order chi connectivity index (χ0) is 13.5. The van der Waals surface area contributed by atoms with Crippen molar-refractivity contribution < 1.29 is 9.53 Å². The molecule has 0 atom stereocenters. The van der Waals surface area contributed by atoms with Crippen molar-refractivity contribution in [1.82, 2.24) is 15.3 Å². The van der Waals surface area contributed by atoms with Gasteiger partial charge in [-0.1, -0.05) is 0 Å². The summed E-state index contributed by atoms with van der Waals surface area (Å²) in [4.78, 5) is 20.0. The Hall–Kier alpha value is -1.79. The molecule has 0 saturated carbocycles. The number of nitrogens with one attached hydrogen (secondary N) is 1.